The first kappa shape index (κ1) is 18.4. The second-order valence-corrected chi connectivity index (χ2v) is 6.56. The molecule has 0 spiro atoms. The molecule has 0 atom stereocenters. The standard InChI is InChI=1S/C16H25N3O2.CH4/c1-12-5-10-18-14(11-12)21-15(20)19(16(2,3)4)13-6-8-17-9-7-13;/h5,10-11,13,17H,6-9H2,1-4H3;1H4. The molecule has 1 aromatic rings. The fourth-order valence-corrected chi connectivity index (χ4v) is 2.74. The van der Waals surface area contributed by atoms with Crippen molar-refractivity contribution < 1.29 is 9.53 Å². The van der Waals surface area contributed by atoms with Crippen molar-refractivity contribution in [3.8, 4) is 5.88 Å². The van der Waals surface area contributed by atoms with Crippen molar-refractivity contribution >= 4 is 6.09 Å². The molecule has 0 aliphatic carbocycles. The number of rotatable bonds is 2. The summed E-state index contributed by atoms with van der Waals surface area (Å²) < 4.78 is 5.49. The number of pyridine rings is 1. The summed E-state index contributed by atoms with van der Waals surface area (Å²) in [6, 6.07) is 3.87. The normalized spacial score (nSPS) is 15.8. The summed E-state index contributed by atoms with van der Waals surface area (Å²) in [7, 11) is 0. The van der Waals surface area contributed by atoms with Crippen LogP contribution in [0.1, 0.15) is 46.6 Å². The highest BCUT2D eigenvalue weighted by atomic mass is 16.6. The number of hydrogen-bond donors (Lipinski definition) is 1. The summed E-state index contributed by atoms with van der Waals surface area (Å²) in [6.45, 7) is 9.95. The van der Waals surface area contributed by atoms with E-state index in [0.717, 1.165) is 31.5 Å². The predicted octanol–water partition coefficient (Wildman–Crippen LogP) is 3.38. The fraction of sp³-hybridized carbons (Fsp3) is 0.647. The van der Waals surface area contributed by atoms with Crippen molar-refractivity contribution in [2.24, 2.45) is 0 Å². The molecular weight excluding hydrogens is 278 g/mol. The zero-order valence-corrected chi connectivity index (χ0v) is 13.3. The topological polar surface area (TPSA) is 54.5 Å². The third-order valence-corrected chi connectivity index (χ3v) is 3.68. The minimum absolute atomic E-state index is 0. The van der Waals surface area contributed by atoms with Gasteiger partial charge >= 0.3 is 6.09 Å². The van der Waals surface area contributed by atoms with E-state index in [1.165, 1.54) is 0 Å². The zero-order valence-electron chi connectivity index (χ0n) is 13.3. The van der Waals surface area contributed by atoms with Crippen LogP contribution in [0.5, 0.6) is 5.88 Å². The molecule has 5 heteroatoms. The van der Waals surface area contributed by atoms with Crippen LogP contribution in [0.25, 0.3) is 0 Å². The minimum atomic E-state index is -0.312. The van der Waals surface area contributed by atoms with E-state index in [2.05, 4.69) is 10.3 Å². The highest BCUT2D eigenvalue weighted by molar-refractivity contribution is 5.71. The van der Waals surface area contributed by atoms with Crippen molar-refractivity contribution in [2.75, 3.05) is 13.1 Å². The van der Waals surface area contributed by atoms with Gasteiger partial charge in [0, 0.05) is 23.8 Å². The third-order valence-electron chi connectivity index (χ3n) is 3.68. The molecule has 0 saturated carbocycles. The molecule has 1 fully saturated rings. The summed E-state index contributed by atoms with van der Waals surface area (Å²) in [5, 5.41) is 3.33. The molecule has 1 amide bonds. The van der Waals surface area contributed by atoms with Gasteiger partial charge in [0.2, 0.25) is 5.88 Å². The van der Waals surface area contributed by atoms with Crippen LogP contribution in [-0.4, -0.2) is 40.6 Å². The van der Waals surface area contributed by atoms with Gasteiger partial charge < -0.3 is 10.1 Å². The first-order valence-electron chi connectivity index (χ1n) is 7.52. The zero-order chi connectivity index (χ0) is 15.5. The SMILES string of the molecule is C.Cc1ccnc(OC(=O)N(C2CCNCC2)C(C)(C)C)c1. The molecule has 22 heavy (non-hydrogen) atoms. The summed E-state index contributed by atoms with van der Waals surface area (Å²) in [5.41, 5.74) is 0.750. The van der Waals surface area contributed by atoms with Crippen molar-refractivity contribution in [2.45, 2.75) is 59.5 Å². The minimum Gasteiger partial charge on any atom is -0.391 e. The van der Waals surface area contributed by atoms with Crippen LogP contribution in [0.3, 0.4) is 0 Å². The number of aromatic nitrogens is 1. The van der Waals surface area contributed by atoms with Crippen molar-refractivity contribution in [3.05, 3.63) is 23.9 Å². The average Bonchev–Trinajstić information content (AvgIpc) is 2.38. The summed E-state index contributed by atoms with van der Waals surface area (Å²) in [4.78, 5) is 18.6. The van der Waals surface area contributed by atoms with Crippen LogP contribution in [0.2, 0.25) is 0 Å². The lowest BCUT2D eigenvalue weighted by atomic mass is 9.98. The number of aryl methyl sites for hydroxylation is 1. The Morgan fingerprint density at radius 2 is 2.00 bits per heavy atom. The largest absolute Gasteiger partial charge is 0.417 e. The highest BCUT2D eigenvalue weighted by Crippen LogP contribution is 2.24. The Hall–Kier alpha value is -1.62. The van der Waals surface area contributed by atoms with E-state index < -0.39 is 0 Å². The van der Waals surface area contributed by atoms with E-state index in [1.807, 2.05) is 38.7 Å². The molecule has 124 valence electrons. The van der Waals surface area contributed by atoms with Gasteiger partial charge in [0.1, 0.15) is 0 Å². The Morgan fingerprint density at radius 1 is 1.36 bits per heavy atom. The summed E-state index contributed by atoms with van der Waals surface area (Å²) in [5.74, 6) is 0.364. The fourth-order valence-electron chi connectivity index (χ4n) is 2.74. The first-order valence-corrected chi connectivity index (χ1v) is 7.52. The quantitative estimate of drug-likeness (QED) is 0.910. The predicted molar refractivity (Wildman–Crippen MR) is 89.2 cm³/mol. The lowest BCUT2D eigenvalue weighted by Gasteiger charge is -2.42. The van der Waals surface area contributed by atoms with E-state index in [0.29, 0.717) is 5.88 Å². The lowest BCUT2D eigenvalue weighted by molar-refractivity contribution is 0.0635. The van der Waals surface area contributed by atoms with Crippen LogP contribution < -0.4 is 10.1 Å². The average molecular weight is 307 g/mol. The third kappa shape index (κ3) is 4.70. The monoisotopic (exact) mass is 307 g/mol. The summed E-state index contributed by atoms with van der Waals surface area (Å²) in [6.07, 6.45) is 3.25. The van der Waals surface area contributed by atoms with Crippen LogP contribution in [0.15, 0.2) is 18.3 Å². The van der Waals surface area contributed by atoms with Crippen molar-refractivity contribution in [1.82, 2.24) is 15.2 Å². The second kappa shape index (κ2) is 7.58. The molecule has 1 aliphatic heterocycles. The van der Waals surface area contributed by atoms with E-state index in [-0.39, 0.29) is 25.1 Å². The number of hydrogen-bond acceptors (Lipinski definition) is 4. The number of amides is 1. The summed E-state index contributed by atoms with van der Waals surface area (Å²) >= 11 is 0. The van der Waals surface area contributed by atoms with Gasteiger partial charge in [-0.3, -0.25) is 4.90 Å². The van der Waals surface area contributed by atoms with Gasteiger partial charge in [0.25, 0.3) is 0 Å². The van der Waals surface area contributed by atoms with E-state index in [9.17, 15) is 4.79 Å². The maximum atomic E-state index is 12.6. The molecule has 1 saturated heterocycles. The van der Waals surface area contributed by atoms with Gasteiger partial charge in [-0.05, 0) is 65.3 Å². The lowest BCUT2D eigenvalue weighted by Crippen LogP contribution is -2.55. The molecule has 1 aliphatic rings. The Morgan fingerprint density at radius 3 is 2.55 bits per heavy atom. The van der Waals surface area contributed by atoms with Gasteiger partial charge in [-0.25, -0.2) is 9.78 Å². The number of nitrogens with one attached hydrogen (secondary N) is 1. The molecule has 2 heterocycles. The maximum absolute atomic E-state index is 12.6. The smallest absolute Gasteiger partial charge is 0.391 e. The molecule has 1 N–H and O–H groups in total. The van der Waals surface area contributed by atoms with Crippen LogP contribution in [0, 0.1) is 6.92 Å². The molecule has 2 rings (SSSR count). The second-order valence-electron chi connectivity index (χ2n) is 6.56. The van der Waals surface area contributed by atoms with E-state index in [4.69, 9.17) is 4.74 Å². The van der Waals surface area contributed by atoms with Gasteiger partial charge in [0.15, 0.2) is 0 Å². The van der Waals surface area contributed by atoms with E-state index in [1.54, 1.807) is 12.3 Å². The molecule has 0 bridgehead atoms. The first-order chi connectivity index (χ1) is 9.88. The number of carbonyl (C=O) groups excluding carboxylic acids is 1. The maximum Gasteiger partial charge on any atom is 0.417 e. The van der Waals surface area contributed by atoms with Gasteiger partial charge in [-0.15, -0.1) is 0 Å². The van der Waals surface area contributed by atoms with Gasteiger partial charge in [-0.2, -0.15) is 0 Å². The molecule has 1 aromatic heterocycles. The molecule has 0 unspecified atom stereocenters. The molecule has 0 radical (unpaired) electrons. The number of carbonyl (C=O) groups is 1. The Bertz CT molecular complexity index is 491. The number of piperidine rings is 1. The van der Waals surface area contributed by atoms with Crippen LogP contribution >= 0.6 is 0 Å². The molecule has 0 aromatic carbocycles. The van der Waals surface area contributed by atoms with Crippen molar-refractivity contribution in [1.29, 1.82) is 0 Å². The Labute approximate surface area is 134 Å². The molecule has 5 nitrogen and oxygen atoms in total. The number of nitrogens with zero attached hydrogens (tertiary/aromatic N) is 2. The Balaban J connectivity index is 0.00000242. The van der Waals surface area contributed by atoms with Crippen molar-refractivity contribution in [3.63, 3.8) is 0 Å². The Kier molecular flexibility index (Phi) is 6.35. The van der Waals surface area contributed by atoms with E-state index >= 15 is 0 Å². The van der Waals surface area contributed by atoms with Crippen LogP contribution in [-0.2, 0) is 0 Å². The highest BCUT2D eigenvalue weighted by Gasteiger charge is 2.35. The van der Waals surface area contributed by atoms with Gasteiger partial charge in [-0.1, -0.05) is 7.43 Å². The number of ether oxygens (including phenoxy) is 1. The van der Waals surface area contributed by atoms with Crippen LogP contribution in [0.4, 0.5) is 4.79 Å². The molecular formula is C17H29N3O2. The van der Waals surface area contributed by atoms with Gasteiger partial charge in [0.05, 0.1) is 0 Å².